The number of nitro groups is 1. The molecule has 6 rings (SSSR count). The Morgan fingerprint density at radius 1 is 1.00 bits per heavy atom. The molecule has 7 nitrogen and oxygen atoms in total. The maximum atomic E-state index is 13.5. The van der Waals surface area contributed by atoms with Crippen molar-refractivity contribution in [2.45, 2.75) is 11.5 Å². The second kappa shape index (κ2) is 5.97. The van der Waals surface area contributed by atoms with Crippen LogP contribution in [0, 0.1) is 22.0 Å². The highest BCUT2D eigenvalue weighted by atomic mass is 16.6. The first-order chi connectivity index (χ1) is 13.9. The first-order valence-corrected chi connectivity index (χ1v) is 9.88. The number of carbonyl (C=O) groups excluding carboxylic acids is 2. The average Bonchev–Trinajstić information content (AvgIpc) is 2.97. The molecule has 0 radical (unpaired) electrons. The lowest BCUT2D eigenvalue weighted by molar-refractivity contribution is -0.857. The lowest BCUT2D eigenvalue weighted by Gasteiger charge is -2.48. The van der Waals surface area contributed by atoms with Crippen molar-refractivity contribution in [2.24, 2.45) is 11.8 Å². The van der Waals surface area contributed by atoms with Gasteiger partial charge in [0.1, 0.15) is 5.92 Å². The molecule has 1 aliphatic heterocycles. The lowest BCUT2D eigenvalue weighted by Crippen LogP contribution is -3.06. The van der Waals surface area contributed by atoms with Crippen molar-refractivity contribution in [2.75, 3.05) is 27.2 Å². The molecular formula is C22H22N3O4+. The summed E-state index contributed by atoms with van der Waals surface area (Å²) in [5.74, 6) is -2.75. The fourth-order valence-corrected chi connectivity index (χ4v) is 5.66. The summed E-state index contributed by atoms with van der Waals surface area (Å²) in [7, 11) is 3.90. The normalized spacial score (nSPS) is 29.1. The minimum Gasteiger partial charge on any atom is -0.338 e. The Bertz CT molecular complexity index is 1020. The SMILES string of the molecule is C[NH+](C)CCN1C(=O)[C@H]2C3c4ccccc4C([N+](=O)[O-])(c4ccccc43)[C@H]2C1=O. The summed E-state index contributed by atoms with van der Waals surface area (Å²) in [6.45, 7) is 0.882. The molecular weight excluding hydrogens is 370 g/mol. The topological polar surface area (TPSA) is 85.0 Å². The number of benzene rings is 2. The molecule has 1 saturated heterocycles. The molecule has 2 amide bonds. The predicted molar refractivity (Wildman–Crippen MR) is 104 cm³/mol. The van der Waals surface area contributed by atoms with Crippen LogP contribution in [-0.4, -0.2) is 48.8 Å². The number of carbonyl (C=O) groups is 2. The van der Waals surface area contributed by atoms with E-state index in [0.29, 0.717) is 17.7 Å². The number of quaternary nitrogens is 1. The summed E-state index contributed by atoms with van der Waals surface area (Å²) in [5, 5.41) is 12.7. The third kappa shape index (κ3) is 2.05. The fraction of sp³-hybridized carbons (Fsp3) is 0.364. The molecule has 148 valence electrons. The van der Waals surface area contributed by atoms with Gasteiger partial charge >= 0.3 is 0 Å². The van der Waals surface area contributed by atoms with Gasteiger partial charge in [-0.2, -0.15) is 0 Å². The molecule has 2 atom stereocenters. The number of nitrogens with zero attached hydrogens (tertiary/aromatic N) is 2. The van der Waals surface area contributed by atoms with E-state index in [-0.39, 0.29) is 23.3 Å². The molecule has 2 aromatic carbocycles. The van der Waals surface area contributed by atoms with E-state index in [1.165, 1.54) is 4.90 Å². The number of likely N-dealkylation sites (N-methyl/N-ethyl adjacent to an activating group) is 1. The minimum absolute atomic E-state index is 0.276. The molecule has 29 heavy (non-hydrogen) atoms. The van der Waals surface area contributed by atoms with Gasteiger partial charge < -0.3 is 4.90 Å². The standard InChI is InChI=1S/C22H21N3O4/c1-23(2)11-12-24-20(26)18-17-13-7-3-5-9-15(13)22(25(28)29,19(18)21(24)27)16-10-6-4-8-14(16)17/h3-10,17-19H,11-12H2,1-2H3/p+1/t17?,18-,19+,22?/m0/s1. The molecule has 2 bridgehead atoms. The molecule has 1 fully saturated rings. The van der Waals surface area contributed by atoms with E-state index in [1.807, 2.05) is 38.4 Å². The molecule has 4 aliphatic rings. The van der Waals surface area contributed by atoms with Gasteiger partial charge in [-0.3, -0.25) is 24.6 Å². The maximum Gasteiger partial charge on any atom is 0.284 e. The Labute approximate surface area is 168 Å². The smallest absolute Gasteiger partial charge is 0.284 e. The Morgan fingerprint density at radius 2 is 1.55 bits per heavy atom. The van der Waals surface area contributed by atoms with Crippen molar-refractivity contribution in [3.05, 3.63) is 80.9 Å². The zero-order valence-corrected chi connectivity index (χ0v) is 16.3. The van der Waals surface area contributed by atoms with E-state index in [2.05, 4.69) is 0 Å². The Hall–Kier alpha value is -3.06. The van der Waals surface area contributed by atoms with E-state index >= 15 is 0 Å². The van der Waals surface area contributed by atoms with Crippen LogP contribution in [0.5, 0.6) is 0 Å². The van der Waals surface area contributed by atoms with Gasteiger partial charge in [0.2, 0.25) is 11.8 Å². The van der Waals surface area contributed by atoms with E-state index in [4.69, 9.17) is 0 Å². The molecule has 1 heterocycles. The van der Waals surface area contributed by atoms with Crippen molar-refractivity contribution < 1.29 is 19.4 Å². The highest BCUT2D eigenvalue weighted by molar-refractivity contribution is 6.08. The maximum absolute atomic E-state index is 13.5. The number of rotatable bonds is 4. The van der Waals surface area contributed by atoms with Crippen LogP contribution in [0.3, 0.4) is 0 Å². The zero-order chi connectivity index (χ0) is 20.5. The van der Waals surface area contributed by atoms with Crippen LogP contribution in [0.4, 0.5) is 0 Å². The number of hydrogen-bond acceptors (Lipinski definition) is 4. The van der Waals surface area contributed by atoms with Gasteiger partial charge in [-0.05, 0) is 11.1 Å². The van der Waals surface area contributed by atoms with Crippen LogP contribution in [0.1, 0.15) is 28.2 Å². The molecule has 2 aromatic rings. The third-order valence-corrected chi connectivity index (χ3v) is 6.79. The van der Waals surface area contributed by atoms with Crippen molar-refractivity contribution >= 4 is 11.8 Å². The number of hydrogen-bond donors (Lipinski definition) is 1. The molecule has 1 N–H and O–H groups in total. The first kappa shape index (κ1) is 18.0. The third-order valence-electron chi connectivity index (χ3n) is 6.79. The molecule has 0 aromatic heterocycles. The van der Waals surface area contributed by atoms with Crippen LogP contribution in [0.2, 0.25) is 0 Å². The van der Waals surface area contributed by atoms with Gasteiger partial charge in [0, 0.05) is 22.0 Å². The second-order valence-electron chi connectivity index (χ2n) is 8.46. The van der Waals surface area contributed by atoms with Crippen LogP contribution in [-0.2, 0) is 15.1 Å². The summed E-state index contributed by atoms with van der Waals surface area (Å²) in [5.41, 5.74) is 0.974. The van der Waals surface area contributed by atoms with Gasteiger partial charge in [0.15, 0.2) is 0 Å². The molecule has 0 spiro atoms. The van der Waals surface area contributed by atoms with E-state index in [1.54, 1.807) is 24.3 Å². The van der Waals surface area contributed by atoms with E-state index < -0.39 is 23.3 Å². The molecule has 7 heteroatoms. The molecule has 3 aliphatic carbocycles. The summed E-state index contributed by atoms with van der Waals surface area (Å²) in [6, 6.07) is 14.5. The largest absolute Gasteiger partial charge is 0.338 e. The summed E-state index contributed by atoms with van der Waals surface area (Å²) < 4.78 is 0. The van der Waals surface area contributed by atoms with Crippen LogP contribution < -0.4 is 4.90 Å². The summed E-state index contributed by atoms with van der Waals surface area (Å²) in [4.78, 5) is 41.7. The Kier molecular flexibility index (Phi) is 3.70. The van der Waals surface area contributed by atoms with Gasteiger partial charge in [0.05, 0.1) is 33.1 Å². The second-order valence-corrected chi connectivity index (χ2v) is 8.46. The summed E-state index contributed by atoms with van der Waals surface area (Å²) in [6.07, 6.45) is 0. The number of nitrogens with one attached hydrogen (secondary N) is 1. The van der Waals surface area contributed by atoms with Gasteiger partial charge in [-0.1, -0.05) is 48.5 Å². The van der Waals surface area contributed by atoms with Crippen molar-refractivity contribution in [3.63, 3.8) is 0 Å². The fourth-order valence-electron chi connectivity index (χ4n) is 5.66. The number of likely N-dealkylation sites (tertiary alicyclic amines) is 1. The quantitative estimate of drug-likeness (QED) is 0.464. The highest BCUT2D eigenvalue weighted by Gasteiger charge is 2.74. The van der Waals surface area contributed by atoms with Crippen LogP contribution in [0.25, 0.3) is 0 Å². The molecule has 0 unspecified atom stereocenters. The van der Waals surface area contributed by atoms with E-state index in [0.717, 1.165) is 16.0 Å². The first-order valence-electron chi connectivity index (χ1n) is 9.88. The summed E-state index contributed by atoms with van der Waals surface area (Å²) >= 11 is 0. The number of amides is 2. The van der Waals surface area contributed by atoms with Gasteiger partial charge in [-0.15, -0.1) is 0 Å². The van der Waals surface area contributed by atoms with Crippen molar-refractivity contribution in [1.82, 2.24) is 4.90 Å². The highest BCUT2D eigenvalue weighted by Crippen LogP contribution is 2.64. The number of imide groups is 1. The van der Waals surface area contributed by atoms with Crippen LogP contribution >= 0.6 is 0 Å². The minimum atomic E-state index is -1.72. The Balaban J connectivity index is 1.79. The Morgan fingerprint density at radius 3 is 2.07 bits per heavy atom. The zero-order valence-electron chi connectivity index (χ0n) is 16.3. The van der Waals surface area contributed by atoms with Crippen molar-refractivity contribution in [1.29, 1.82) is 0 Å². The van der Waals surface area contributed by atoms with Gasteiger partial charge in [-0.25, -0.2) is 0 Å². The van der Waals surface area contributed by atoms with Gasteiger partial charge in [0.25, 0.3) is 5.54 Å². The lowest BCUT2D eigenvalue weighted by atomic mass is 9.51. The predicted octanol–water partition coefficient (Wildman–Crippen LogP) is 0.412. The monoisotopic (exact) mass is 392 g/mol. The van der Waals surface area contributed by atoms with Crippen molar-refractivity contribution in [3.8, 4) is 0 Å². The van der Waals surface area contributed by atoms with E-state index in [9.17, 15) is 19.7 Å². The average molecular weight is 392 g/mol. The molecule has 0 saturated carbocycles. The van der Waals surface area contributed by atoms with Crippen LogP contribution in [0.15, 0.2) is 48.5 Å².